The molecule has 2 aromatic carbocycles. The molecule has 1 atom stereocenters. The van der Waals surface area contributed by atoms with Gasteiger partial charge in [-0.1, -0.05) is 24.3 Å². The monoisotopic (exact) mass is 481 g/mol. The van der Waals surface area contributed by atoms with Crippen LogP contribution in [0.25, 0.3) is 22.4 Å². The van der Waals surface area contributed by atoms with E-state index in [9.17, 15) is 13.8 Å². The lowest BCUT2D eigenvalue weighted by molar-refractivity contribution is -0.115. The second kappa shape index (κ2) is 9.86. The Morgan fingerprint density at radius 3 is 2.67 bits per heavy atom. The Balaban J connectivity index is 1.37. The maximum Gasteiger partial charge on any atom is 0.251 e. The Morgan fingerprint density at radius 2 is 1.91 bits per heavy atom. The van der Waals surface area contributed by atoms with Crippen molar-refractivity contribution < 1.29 is 18.4 Å². The average Bonchev–Trinajstić information content (AvgIpc) is 3.47. The Hall–Kier alpha value is -3.67. The number of nitrogens with zero attached hydrogens (tertiary/aromatic N) is 3. The minimum Gasteiger partial charge on any atom is -0.343 e. The van der Waals surface area contributed by atoms with Crippen LogP contribution in [-0.4, -0.2) is 41.9 Å². The van der Waals surface area contributed by atoms with Crippen LogP contribution in [0.15, 0.2) is 71.2 Å². The first-order chi connectivity index (χ1) is 15.9. The largest absolute Gasteiger partial charge is 0.343 e. The number of anilines is 1. The van der Waals surface area contributed by atoms with Gasteiger partial charge in [0.15, 0.2) is 16.2 Å². The molecule has 9 nitrogen and oxygen atoms in total. The van der Waals surface area contributed by atoms with Gasteiger partial charge < -0.3 is 15.2 Å². The number of aromatic nitrogens is 3. The molecule has 0 spiro atoms. The van der Waals surface area contributed by atoms with E-state index in [1.807, 2.05) is 42.9 Å². The molecule has 0 fully saturated rings. The summed E-state index contributed by atoms with van der Waals surface area (Å²) in [6.45, 7) is -0.267. The minimum atomic E-state index is -2.19. The molecule has 2 aromatic heterocycles. The second-order valence-electron chi connectivity index (χ2n) is 7.03. The first-order valence-corrected chi connectivity index (χ1v) is 11.7. The third-order valence-electron chi connectivity index (χ3n) is 4.65. The van der Waals surface area contributed by atoms with Gasteiger partial charge in [-0.3, -0.25) is 14.3 Å². The van der Waals surface area contributed by atoms with Crippen LogP contribution >= 0.6 is 11.3 Å². The SMILES string of the molecule is Cn1cc(-c2cccc(-c3csc(NC(=O)CNC(=O)c4cccc(S(=O)O)c4)n3)c2)cn1. The van der Waals surface area contributed by atoms with Crippen LogP contribution in [0.1, 0.15) is 10.4 Å². The molecule has 1 unspecified atom stereocenters. The van der Waals surface area contributed by atoms with Crippen LogP contribution in [0.4, 0.5) is 5.13 Å². The Morgan fingerprint density at radius 1 is 1.12 bits per heavy atom. The number of thiazole rings is 1. The summed E-state index contributed by atoms with van der Waals surface area (Å²) in [4.78, 5) is 29.1. The van der Waals surface area contributed by atoms with E-state index in [4.69, 9.17) is 4.55 Å². The number of aryl methyl sites for hydroxylation is 1. The van der Waals surface area contributed by atoms with E-state index in [0.717, 1.165) is 22.4 Å². The second-order valence-corrected chi connectivity index (χ2v) is 8.86. The van der Waals surface area contributed by atoms with E-state index in [0.29, 0.717) is 5.13 Å². The highest BCUT2D eigenvalue weighted by Gasteiger charge is 2.12. The fourth-order valence-corrected chi connectivity index (χ4v) is 4.22. The summed E-state index contributed by atoms with van der Waals surface area (Å²) in [5, 5.41) is 11.6. The molecule has 11 heteroatoms. The molecule has 0 aliphatic rings. The summed E-state index contributed by atoms with van der Waals surface area (Å²) < 4.78 is 22.0. The molecule has 4 rings (SSSR count). The van der Waals surface area contributed by atoms with Gasteiger partial charge in [0, 0.05) is 35.3 Å². The number of carbonyl (C=O) groups is 2. The molecule has 33 heavy (non-hydrogen) atoms. The first-order valence-electron chi connectivity index (χ1n) is 9.73. The Kier molecular flexibility index (Phi) is 6.73. The molecule has 0 radical (unpaired) electrons. The summed E-state index contributed by atoms with van der Waals surface area (Å²) in [6, 6.07) is 13.6. The van der Waals surface area contributed by atoms with Crippen molar-refractivity contribution in [2.24, 2.45) is 7.05 Å². The van der Waals surface area contributed by atoms with Crippen molar-refractivity contribution in [2.45, 2.75) is 4.90 Å². The summed E-state index contributed by atoms with van der Waals surface area (Å²) in [5.74, 6) is -0.959. The van der Waals surface area contributed by atoms with Crippen molar-refractivity contribution >= 4 is 39.4 Å². The number of benzene rings is 2. The molecule has 0 aliphatic carbocycles. The number of amides is 2. The zero-order valence-electron chi connectivity index (χ0n) is 17.4. The normalized spacial score (nSPS) is 11.7. The van der Waals surface area contributed by atoms with Gasteiger partial charge in [-0.05, 0) is 29.8 Å². The Labute approximate surface area is 195 Å². The van der Waals surface area contributed by atoms with Crippen molar-refractivity contribution in [2.75, 3.05) is 11.9 Å². The zero-order valence-corrected chi connectivity index (χ0v) is 19.0. The van der Waals surface area contributed by atoms with Crippen LogP contribution < -0.4 is 10.6 Å². The standard InChI is InChI=1S/C22H19N5O4S2/c1-27-12-17(10-24-27)14-4-2-5-15(8-14)19-13-32-22(25-19)26-20(28)11-23-21(29)16-6-3-7-18(9-16)33(30)31/h2-10,12-13H,11H2,1H3,(H,23,29)(H,30,31)(H,25,26,28). The number of hydrogen-bond acceptors (Lipinski definition) is 6. The lowest BCUT2D eigenvalue weighted by Crippen LogP contribution is -2.32. The average molecular weight is 482 g/mol. The van der Waals surface area contributed by atoms with Gasteiger partial charge in [-0.2, -0.15) is 5.10 Å². The van der Waals surface area contributed by atoms with E-state index in [2.05, 4.69) is 20.7 Å². The van der Waals surface area contributed by atoms with Crippen molar-refractivity contribution in [1.29, 1.82) is 0 Å². The maximum absolute atomic E-state index is 12.3. The van der Waals surface area contributed by atoms with Crippen molar-refractivity contribution in [3.8, 4) is 22.4 Å². The van der Waals surface area contributed by atoms with Gasteiger partial charge in [0.1, 0.15) is 0 Å². The predicted octanol–water partition coefficient (Wildman–Crippen LogP) is 3.16. The number of rotatable bonds is 7. The van der Waals surface area contributed by atoms with Gasteiger partial charge in [0.2, 0.25) is 5.91 Å². The highest BCUT2D eigenvalue weighted by Crippen LogP contribution is 2.28. The summed E-state index contributed by atoms with van der Waals surface area (Å²) in [7, 11) is 1.86. The van der Waals surface area contributed by atoms with Gasteiger partial charge >= 0.3 is 0 Å². The van der Waals surface area contributed by atoms with Crippen molar-refractivity contribution in [3.63, 3.8) is 0 Å². The highest BCUT2D eigenvalue weighted by molar-refractivity contribution is 7.79. The molecule has 0 aliphatic heterocycles. The smallest absolute Gasteiger partial charge is 0.251 e. The highest BCUT2D eigenvalue weighted by atomic mass is 32.2. The van der Waals surface area contributed by atoms with E-state index >= 15 is 0 Å². The summed E-state index contributed by atoms with van der Waals surface area (Å²) in [5.41, 5.74) is 3.82. The quantitative estimate of drug-likeness (QED) is 0.348. The topological polar surface area (TPSA) is 126 Å². The van der Waals surface area contributed by atoms with Crippen LogP contribution in [0.5, 0.6) is 0 Å². The lowest BCUT2D eigenvalue weighted by atomic mass is 10.1. The van der Waals surface area contributed by atoms with Crippen LogP contribution in [0, 0.1) is 0 Å². The molecule has 2 amide bonds. The third kappa shape index (κ3) is 5.58. The molecule has 168 valence electrons. The van der Waals surface area contributed by atoms with Crippen LogP contribution in [0.3, 0.4) is 0 Å². The molecule has 0 bridgehead atoms. The van der Waals surface area contributed by atoms with Crippen molar-refractivity contribution in [3.05, 3.63) is 71.9 Å². The van der Waals surface area contributed by atoms with E-state index in [-0.39, 0.29) is 17.0 Å². The molecule has 2 heterocycles. The number of nitrogens with one attached hydrogen (secondary N) is 2. The van der Waals surface area contributed by atoms with E-state index in [1.165, 1.54) is 35.6 Å². The van der Waals surface area contributed by atoms with E-state index < -0.39 is 22.9 Å². The number of hydrogen-bond donors (Lipinski definition) is 3. The van der Waals surface area contributed by atoms with Gasteiger partial charge in [0.05, 0.1) is 23.3 Å². The molecule has 0 saturated heterocycles. The molecule has 3 N–H and O–H groups in total. The molecular weight excluding hydrogens is 462 g/mol. The summed E-state index contributed by atoms with van der Waals surface area (Å²) in [6.07, 6.45) is 3.72. The zero-order chi connectivity index (χ0) is 23.4. The van der Waals surface area contributed by atoms with Crippen LogP contribution in [-0.2, 0) is 22.9 Å². The van der Waals surface area contributed by atoms with Gasteiger partial charge in [0.25, 0.3) is 5.91 Å². The first kappa shape index (κ1) is 22.5. The molecular formula is C22H19N5O4S2. The van der Waals surface area contributed by atoms with E-state index in [1.54, 1.807) is 10.9 Å². The molecule has 4 aromatic rings. The fourth-order valence-electron chi connectivity index (χ4n) is 3.06. The third-order valence-corrected chi connectivity index (χ3v) is 6.07. The lowest BCUT2D eigenvalue weighted by Gasteiger charge is -2.06. The predicted molar refractivity (Wildman–Crippen MR) is 126 cm³/mol. The van der Waals surface area contributed by atoms with Gasteiger partial charge in [-0.15, -0.1) is 11.3 Å². The van der Waals surface area contributed by atoms with Gasteiger partial charge in [-0.25, -0.2) is 9.19 Å². The molecule has 0 saturated carbocycles. The Bertz CT molecular complexity index is 1350. The van der Waals surface area contributed by atoms with Crippen LogP contribution in [0.2, 0.25) is 0 Å². The van der Waals surface area contributed by atoms with Crippen molar-refractivity contribution in [1.82, 2.24) is 20.1 Å². The summed E-state index contributed by atoms with van der Waals surface area (Å²) >= 11 is -0.910. The maximum atomic E-state index is 12.3. The number of carbonyl (C=O) groups excluding carboxylic acids is 2. The fraction of sp³-hybridized carbons (Fsp3) is 0.0909. The minimum absolute atomic E-state index is 0.106.